The maximum Gasteiger partial charge on any atom is 0.292 e. The molecule has 0 saturated carbocycles. The van der Waals surface area contributed by atoms with E-state index in [2.05, 4.69) is 15.5 Å². The predicted molar refractivity (Wildman–Crippen MR) is 54.4 cm³/mol. The van der Waals surface area contributed by atoms with Gasteiger partial charge in [-0.25, -0.2) is 0 Å². The molecule has 0 fully saturated rings. The average molecular weight is 212 g/mol. The summed E-state index contributed by atoms with van der Waals surface area (Å²) in [5, 5.41) is 6.20. The molecule has 3 N–H and O–H groups in total. The van der Waals surface area contributed by atoms with Gasteiger partial charge in [0.1, 0.15) is 0 Å². The van der Waals surface area contributed by atoms with Gasteiger partial charge in [-0.05, 0) is 19.9 Å². The Kier molecular flexibility index (Phi) is 4.23. The zero-order chi connectivity index (χ0) is 11.3. The van der Waals surface area contributed by atoms with Crippen LogP contribution in [0.4, 0.5) is 0 Å². The van der Waals surface area contributed by atoms with Crippen molar-refractivity contribution in [3.63, 3.8) is 0 Å². The molecular formula is C9H16N4O2. The molecule has 0 spiro atoms. The molecule has 1 atom stereocenters. The molecule has 1 rings (SSSR count). The fourth-order valence-corrected chi connectivity index (χ4v) is 1.14. The SMILES string of the molecule is CCNC(=O)c1noc(C(C)CCN)n1. The number of nitrogens with one attached hydrogen (secondary N) is 1. The van der Waals surface area contributed by atoms with E-state index in [4.69, 9.17) is 10.3 Å². The Balaban J connectivity index is 2.67. The maximum absolute atomic E-state index is 11.3. The number of rotatable bonds is 5. The van der Waals surface area contributed by atoms with Crippen LogP contribution in [0.2, 0.25) is 0 Å². The number of hydrogen-bond acceptors (Lipinski definition) is 5. The zero-order valence-electron chi connectivity index (χ0n) is 8.99. The van der Waals surface area contributed by atoms with Crippen molar-refractivity contribution in [2.24, 2.45) is 5.73 Å². The number of amides is 1. The second-order valence-electron chi connectivity index (χ2n) is 3.29. The van der Waals surface area contributed by atoms with E-state index in [-0.39, 0.29) is 17.6 Å². The zero-order valence-corrected chi connectivity index (χ0v) is 8.99. The Morgan fingerprint density at radius 1 is 1.67 bits per heavy atom. The number of carbonyl (C=O) groups is 1. The van der Waals surface area contributed by atoms with Gasteiger partial charge in [0.15, 0.2) is 0 Å². The highest BCUT2D eigenvalue weighted by molar-refractivity contribution is 5.90. The summed E-state index contributed by atoms with van der Waals surface area (Å²) in [5.41, 5.74) is 5.41. The van der Waals surface area contributed by atoms with Crippen LogP contribution in [-0.2, 0) is 0 Å². The van der Waals surface area contributed by atoms with E-state index >= 15 is 0 Å². The smallest absolute Gasteiger partial charge is 0.292 e. The summed E-state index contributed by atoms with van der Waals surface area (Å²) in [5.74, 6) is 0.315. The Labute approximate surface area is 88.2 Å². The lowest BCUT2D eigenvalue weighted by Gasteiger charge is -2.01. The molecule has 0 aliphatic carbocycles. The van der Waals surface area contributed by atoms with Crippen LogP contribution in [-0.4, -0.2) is 29.1 Å². The van der Waals surface area contributed by atoms with E-state index in [0.717, 1.165) is 6.42 Å². The minimum atomic E-state index is -0.313. The molecule has 6 heteroatoms. The summed E-state index contributed by atoms with van der Waals surface area (Å²) in [6.45, 7) is 4.86. The molecule has 84 valence electrons. The van der Waals surface area contributed by atoms with Crippen LogP contribution >= 0.6 is 0 Å². The van der Waals surface area contributed by atoms with Crippen molar-refractivity contribution in [3.05, 3.63) is 11.7 Å². The molecule has 1 heterocycles. The lowest BCUT2D eigenvalue weighted by atomic mass is 10.1. The van der Waals surface area contributed by atoms with Crippen LogP contribution in [0.15, 0.2) is 4.52 Å². The molecule has 0 bridgehead atoms. The second kappa shape index (κ2) is 5.45. The molecule has 0 radical (unpaired) electrons. The molecule has 15 heavy (non-hydrogen) atoms. The highest BCUT2D eigenvalue weighted by atomic mass is 16.5. The van der Waals surface area contributed by atoms with Crippen molar-refractivity contribution >= 4 is 5.91 Å². The van der Waals surface area contributed by atoms with Crippen LogP contribution in [0, 0.1) is 0 Å². The van der Waals surface area contributed by atoms with Crippen LogP contribution in [0.1, 0.15) is 42.7 Å². The Morgan fingerprint density at radius 3 is 3.00 bits per heavy atom. The summed E-state index contributed by atoms with van der Waals surface area (Å²) in [6.07, 6.45) is 0.761. The predicted octanol–water partition coefficient (Wildman–Crippen LogP) is 0.272. The minimum absolute atomic E-state index is 0.0794. The summed E-state index contributed by atoms with van der Waals surface area (Å²) < 4.78 is 4.97. The van der Waals surface area contributed by atoms with Crippen LogP contribution in [0.5, 0.6) is 0 Å². The van der Waals surface area contributed by atoms with Gasteiger partial charge in [-0.3, -0.25) is 4.79 Å². The molecular weight excluding hydrogens is 196 g/mol. The fourth-order valence-electron chi connectivity index (χ4n) is 1.14. The molecule has 1 aromatic heterocycles. The van der Waals surface area contributed by atoms with Crippen molar-refractivity contribution < 1.29 is 9.32 Å². The number of nitrogens with zero attached hydrogens (tertiary/aromatic N) is 2. The van der Waals surface area contributed by atoms with E-state index in [1.807, 2.05) is 13.8 Å². The standard InChI is InChI=1S/C9H16N4O2/c1-3-11-8(14)7-12-9(15-13-7)6(2)4-5-10/h6H,3-5,10H2,1-2H3,(H,11,14). The van der Waals surface area contributed by atoms with Crippen LogP contribution in [0.25, 0.3) is 0 Å². The van der Waals surface area contributed by atoms with Gasteiger partial charge in [0.25, 0.3) is 11.7 Å². The summed E-state index contributed by atoms with van der Waals surface area (Å²) in [4.78, 5) is 15.3. The quantitative estimate of drug-likeness (QED) is 0.730. The van der Waals surface area contributed by atoms with Gasteiger partial charge in [-0.2, -0.15) is 4.98 Å². The third-order valence-electron chi connectivity index (χ3n) is 2.00. The lowest BCUT2D eigenvalue weighted by Crippen LogP contribution is -2.23. The summed E-state index contributed by atoms with van der Waals surface area (Å²) >= 11 is 0. The molecule has 1 unspecified atom stereocenters. The van der Waals surface area contributed by atoms with E-state index in [9.17, 15) is 4.79 Å². The first-order chi connectivity index (χ1) is 7.19. The van der Waals surface area contributed by atoms with E-state index in [1.165, 1.54) is 0 Å². The Morgan fingerprint density at radius 2 is 2.40 bits per heavy atom. The first kappa shape index (κ1) is 11.6. The maximum atomic E-state index is 11.3. The highest BCUT2D eigenvalue weighted by Gasteiger charge is 2.17. The third-order valence-corrected chi connectivity index (χ3v) is 2.00. The molecule has 6 nitrogen and oxygen atoms in total. The summed E-state index contributed by atoms with van der Waals surface area (Å²) in [7, 11) is 0. The normalized spacial score (nSPS) is 12.5. The van der Waals surface area contributed by atoms with Crippen molar-refractivity contribution in [1.29, 1.82) is 0 Å². The van der Waals surface area contributed by atoms with E-state index in [1.54, 1.807) is 0 Å². The largest absolute Gasteiger partial charge is 0.349 e. The molecule has 0 aliphatic heterocycles. The monoisotopic (exact) mass is 212 g/mol. The Bertz CT molecular complexity index is 324. The third kappa shape index (κ3) is 3.02. The number of aromatic nitrogens is 2. The van der Waals surface area contributed by atoms with Crippen molar-refractivity contribution in [2.75, 3.05) is 13.1 Å². The first-order valence-electron chi connectivity index (χ1n) is 5.00. The van der Waals surface area contributed by atoms with Gasteiger partial charge < -0.3 is 15.6 Å². The molecule has 1 aromatic rings. The van der Waals surface area contributed by atoms with Gasteiger partial charge in [0.05, 0.1) is 0 Å². The van der Waals surface area contributed by atoms with Gasteiger partial charge in [-0.1, -0.05) is 12.1 Å². The van der Waals surface area contributed by atoms with E-state index < -0.39 is 0 Å². The first-order valence-corrected chi connectivity index (χ1v) is 5.00. The van der Waals surface area contributed by atoms with E-state index in [0.29, 0.717) is 19.0 Å². The number of nitrogens with two attached hydrogens (primary N) is 1. The van der Waals surface area contributed by atoms with Crippen molar-refractivity contribution in [1.82, 2.24) is 15.5 Å². The average Bonchev–Trinajstić information content (AvgIpc) is 2.67. The Hall–Kier alpha value is -1.43. The van der Waals surface area contributed by atoms with Crippen LogP contribution < -0.4 is 11.1 Å². The number of hydrogen-bond donors (Lipinski definition) is 2. The molecule has 0 aromatic carbocycles. The molecule has 0 aliphatic rings. The highest BCUT2D eigenvalue weighted by Crippen LogP contribution is 2.15. The topological polar surface area (TPSA) is 94.0 Å². The van der Waals surface area contributed by atoms with Crippen LogP contribution in [0.3, 0.4) is 0 Å². The van der Waals surface area contributed by atoms with Gasteiger partial charge in [0, 0.05) is 12.5 Å². The van der Waals surface area contributed by atoms with Gasteiger partial charge in [0.2, 0.25) is 5.89 Å². The number of carbonyl (C=O) groups excluding carboxylic acids is 1. The second-order valence-corrected chi connectivity index (χ2v) is 3.29. The molecule has 0 saturated heterocycles. The minimum Gasteiger partial charge on any atom is -0.349 e. The van der Waals surface area contributed by atoms with Crippen molar-refractivity contribution in [2.45, 2.75) is 26.2 Å². The summed E-state index contributed by atoms with van der Waals surface area (Å²) in [6, 6.07) is 0. The lowest BCUT2D eigenvalue weighted by molar-refractivity contribution is 0.0942. The fraction of sp³-hybridized carbons (Fsp3) is 0.667. The molecule has 1 amide bonds. The van der Waals surface area contributed by atoms with Gasteiger partial charge in [-0.15, -0.1) is 0 Å². The van der Waals surface area contributed by atoms with Crippen molar-refractivity contribution in [3.8, 4) is 0 Å². The van der Waals surface area contributed by atoms with Gasteiger partial charge >= 0.3 is 0 Å².